The Morgan fingerprint density at radius 1 is 1.06 bits per heavy atom. The molecule has 0 aliphatic heterocycles. The number of benzene rings is 1. The molecular weight excluding hydrogens is 232 g/mol. The van der Waals surface area contributed by atoms with Crippen molar-refractivity contribution in [3.63, 3.8) is 0 Å². The van der Waals surface area contributed by atoms with E-state index in [2.05, 4.69) is 86.9 Å². The highest BCUT2D eigenvalue weighted by atomic mass is 28.3. The summed E-state index contributed by atoms with van der Waals surface area (Å²) < 4.78 is 0. The monoisotopic (exact) mass is 254 g/mol. The molecule has 1 heteroatoms. The summed E-state index contributed by atoms with van der Waals surface area (Å²) in [5.41, 5.74) is 1.36. The van der Waals surface area contributed by atoms with Gasteiger partial charge in [-0.15, -0.1) is 6.58 Å². The number of allylic oxidation sites excluding steroid dienone is 5. The highest BCUT2D eigenvalue weighted by molar-refractivity contribution is 6.80. The maximum absolute atomic E-state index is 4.05. The van der Waals surface area contributed by atoms with Crippen molar-refractivity contribution in [1.29, 1.82) is 0 Å². The maximum atomic E-state index is 4.05. The first-order valence-electron chi connectivity index (χ1n) is 6.56. The lowest BCUT2D eigenvalue weighted by Crippen LogP contribution is -2.36. The standard InChI is InChI=1S/C17H22Si/c1-5-17(18(2,3)4)13-11-16(12-14-17)15-9-7-6-8-10-15/h5-14,16H,1H2,2-4H3. The normalized spacial score (nSPS) is 27.2. The number of hydrogen-bond donors (Lipinski definition) is 0. The van der Waals surface area contributed by atoms with E-state index in [1.807, 2.05) is 0 Å². The Morgan fingerprint density at radius 3 is 2.06 bits per heavy atom. The van der Waals surface area contributed by atoms with Gasteiger partial charge < -0.3 is 0 Å². The fourth-order valence-corrected chi connectivity index (χ4v) is 4.29. The molecule has 0 aromatic heterocycles. The van der Waals surface area contributed by atoms with Crippen molar-refractivity contribution < 1.29 is 0 Å². The molecule has 1 aromatic rings. The molecule has 0 nitrogen and oxygen atoms in total. The Morgan fingerprint density at radius 2 is 1.61 bits per heavy atom. The van der Waals surface area contributed by atoms with E-state index in [-0.39, 0.29) is 5.04 Å². The highest BCUT2D eigenvalue weighted by Crippen LogP contribution is 2.46. The first kappa shape index (κ1) is 13.1. The summed E-state index contributed by atoms with van der Waals surface area (Å²) in [5.74, 6) is 0.413. The third-order valence-electron chi connectivity index (χ3n) is 3.98. The third-order valence-corrected chi connectivity index (χ3v) is 7.12. The van der Waals surface area contributed by atoms with E-state index < -0.39 is 8.07 Å². The Labute approximate surface area is 112 Å². The van der Waals surface area contributed by atoms with Crippen LogP contribution in [0.5, 0.6) is 0 Å². The van der Waals surface area contributed by atoms with Crippen LogP contribution in [0.15, 0.2) is 67.3 Å². The second-order valence-electron chi connectivity index (χ2n) is 6.04. The van der Waals surface area contributed by atoms with E-state index in [1.165, 1.54) is 5.56 Å². The van der Waals surface area contributed by atoms with Gasteiger partial charge in [-0.25, -0.2) is 0 Å². The predicted octanol–water partition coefficient (Wildman–Crippen LogP) is 5.16. The topological polar surface area (TPSA) is 0 Å². The molecule has 94 valence electrons. The lowest BCUT2D eigenvalue weighted by atomic mass is 9.90. The van der Waals surface area contributed by atoms with Crippen LogP contribution in [-0.4, -0.2) is 8.07 Å². The van der Waals surface area contributed by atoms with Gasteiger partial charge >= 0.3 is 0 Å². The molecular formula is C17H22Si. The third kappa shape index (κ3) is 2.28. The first-order chi connectivity index (χ1) is 8.48. The molecule has 0 spiro atoms. The van der Waals surface area contributed by atoms with Gasteiger partial charge in [-0.05, 0) is 5.56 Å². The van der Waals surface area contributed by atoms with Gasteiger partial charge in [0.05, 0.1) is 8.07 Å². The van der Waals surface area contributed by atoms with Crippen LogP contribution < -0.4 is 0 Å². The zero-order valence-corrected chi connectivity index (χ0v) is 12.6. The zero-order valence-electron chi connectivity index (χ0n) is 11.6. The van der Waals surface area contributed by atoms with Gasteiger partial charge in [0, 0.05) is 11.0 Å². The predicted molar refractivity (Wildman–Crippen MR) is 83.7 cm³/mol. The molecule has 0 bridgehead atoms. The van der Waals surface area contributed by atoms with Crippen molar-refractivity contribution in [2.24, 2.45) is 0 Å². The van der Waals surface area contributed by atoms with Gasteiger partial charge in [0.1, 0.15) is 0 Å². The Hall–Kier alpha value is -1.34. The minimum absolute atomic E-state index is 0.109. The average molecular weight is 254 g/mol. The van der Waals surface area contributed by atoms with E-state index in [9.17, 15) is 0 Å². The summed E-state index contributed by atoms with van der Waals surface area (Å²) in [7, 11) is -1.33. The molecule has 2 rings (SSSR count). The van der Waals surface area contributed by atoms with E-state index in [1.54, 1.807) is 0 Å². The van der Waals surface area contributed by atoms with Gasteiger partial charge in [-0.2, -0.15) is 0 Å². The minimum Gasteiger partial charge on any atom is -0.102 e. The second-order valence-corrected chi connectivity index (χ2v) is 11.4. The van der Waals surface area contributed by atoms with Crippen molar-refractivity contribution in [2.75, 3.05) is 0 Å². The van der Waals surface area contributed by atoms with Crippen molar-refractivity contribution in [3.8, 4) is 0 Å². The molecule has 0 heterocycles. The maximum Gasteiger partial charge on any atom is 0.0644 e. The van der Waals surface area contributed by atoms with E-state index >= 15 is 0 Å². The summed E-state index contributed by atoms with van der Waals surface area (Å²) in [6, 6.07) is 10.6. The molecule has 1 aliphatic carbocycles. The Bertz CT molecular complexity index is 460. The smallest absolute Gasteiger partial charge is 0.0644 e. The van der Waals surface area contributed by atoms with Crippen LogP contribution in [0, 0.1) is 0 Å². The number of rotatable bonds is 3. The summed E-state index contributed by atoms with van der Waals surface area (Å²) in [6.45, 7) is 11.2. The van der Waals surface area contributed by atoms with Crippen molar-refractivity contribution in [3.05, 3.63) is 72.9 Å². The van der Waals surface area contributed by atoms with Crippen LogP contribution >= 0.6 is 0 Å². The molecule has 1 aromatic carbocycles. The van der Waals surface area contributed by atoms with Crippen LogP contribution in [0.25, 0.3) is 0 Å². The second kappa shape index (κ2) is 4.73. The summed E-state index contributed by atoms with van der Waals surface area (Å²) >= 11 is 0. The van der Waals surface area contributed by atoms with Crippen LogP contribution in [0.2, 0.25) is 24.7 Å². The Balaban J connectivity index is 2.29. The van der Waals surface area contributed by atoms with Crippen LogP contribution in [0.4, 0.5) is 0 Å². The first-order valence-corrected chi connectivity index (χ1v) is 10.1. The Kier molecular flexibility index (Phi) is 3.44. The lowest BCUT2D eigenvalue weighted by Gasteiger charge is -2.38. The highest BCUT2D eigenvalue weighted by Gasteiger charge is 2.37. The summed E-state index contributed by atoms with van der Waals surface area (Å²) in [6.07, 6.45) is 11.5. The fourth-order valence-electron chi connectivity index (χ4n) is 2.49. The minimum atomic E-state index is -1.33. The summed E-state index contributed by atoms with van der Waals surface area (Å²) in [5, 5.41) is 0.109. The molecule has 0 saturated carbocycles. The van der Waals surface area contributed by atoms with Crippen LogP contribution in [0.1, 0.15) is 11.5 Å². The van der Waals surface area contributed by atoms with E-state index in [4.69, 9.17) is 0 Å². The zero-order chi connectivity index (χ0) is 13.2. The van der Waals surface area contributed by atoms with Crippen LogP contribution in [0.3, 0.4) is 0 Å². The fraction of sp³-hybridized carbons (Fsp3) is 0.294. The molecule has 0 unspecified atom stereocenters. The quantitative estimate of drug-likeness (QED) is 0.516. The molecule has 0 amide bonds. The SMILES string of the molecule is C=CC1([Si](C)(C)C)C=CC(c2ccccc2)C=C1. The molecule has 18 heavy (non-hydrogen) atoms. The average Bonchev–Trinajstić information content (AvgIpc) is 2.38. The van der Waals surface area contributed by atoms with Gasteiger partial charge in [-0.3, -0.25) is 0 Å². The molecule has 0 saturated heterocycles. The van der Waals surface area contributed by atoms with Gasteiger partial charge in [0.2, 0.25) is 0 Å². The van der Waals surface area contributed by atoms with E-state index in [0.29, 0.717) is 5.92 Å². The molecule has 0 radical (unpaired) electrons. The van der Waals surface area contributed by atoms with Crippen molar-refractivity contribution >= 4 is 8.07 Å². The van der Waals surface area contributed by atoms with Gasteiger partial charge in [0.15, 0.2) is 0 Å². The van der Waals surface area contributed by atoms with Crippen molar-refractivity contribution in [2.45, 2.75) is 30.6 Å². The van der Waals surface area contributed by atoms with Crippen LogP contribution in [-0.2, 0) is 0 Å². The van der Waals surface area contributed by atoms with Gasteiger partial charge in [0.25, 0.3) is 0 Å². The largest absolute Gasteiger partial charge is 0.102 e. The van der Waals surface area contributed by atoms with Gasteiger partial charge in [-0.1, -0.05) is 80.4 Å². The lowest BCUT2D eigenvalue weighted by molar-refractivity contribution is 0.935. The summed E-state index contributed by atoms with van der Waals surface area (Å²) in [4.78, 5) is 0. The molecule has 0 atom stereocenters. The molecule has 0 N–H and O–H groups in total. The molecule has 0 fully saturated rings. The number of hydrogen-bond acceptors (Lipinski definition) is 0. The van der Waals surface area contributed by atoms with Crippen molar-refractivity contribution in [1.82, 2.24) is 0 Å². The molecule has 1 aliphatic rings. The van der Waals surface area contributed by atoms with E-state index in [0.717, 1.165) is 0 Å².